The monoisotopic (exact) mass is 290 g/mol. The lowest BCUT2D eigenvalue weighted by Crippen LogP contribution is -1.96. The van der Waals surface area contributed by atoms with Crippen molar-refractivity contribution in [3.63, 3.8) is 0 Å². The van der Waals surface area contributed by atoms with Gasteiger partial charge in [-0.3, -0.25) is 4.55 Å². The molecule has 1 unspecified atom stereocenters. The van der Waals surface area contributed by atoms with E-state index in [9.17, 15) is 8.42 Å². The summed E-state index contributed by atoms with van der Waals surface area (Å²) in [6, 6.07) is 7.89. The van der Waals surface area contributed by atoms with E-state index >= 15 is 0 Å². The zero-order valence-electron chi connectivity index (χ0n) is 8.86. The molecule has 1 atom stereocenters. The lowest BCUT2D eigenvalue weighted by Gasteiger charge is -2.04. The molecule has 4 nitrogen and oxygen atoms in total. The van der Waals surface area contributed by atoms with E-state index in [-0.39, 0.29) is 0 Å². The van der Waals surface area contributed by atoms with Gasteiger partial charge in [-0.2, -0.15) is 12.0 Å². The highest BCUT2D eigenvalue weighted by Crippen LogP contribution is 2.47. The summed E-state index contributed by atoms with van der Waals surface area (Å²) in [6.07, 6.45) is 1.80. The molecular weight excluding hydrogens is 280 g/mol. The fourth-order valence-corrected chi connectivity index (χ4v) is 5.34. The van der Waals surface area contributed by atoms with Crippen LogP contribution in [0.15, 0.2) is 30.3 Å². The highest BCUT2D eigenvalue weighted by Gasteiger charge is 2.16. The van der Waals surface area contributed by atoms with Gasteiger partial charge >= 0.3 is 10.4 Å². The zero-order valence-corrected chi connectivity index (χ0v) is 11.3. The van der Waals surface area contributed by atoms with Crippen LogP contribution in [0.5, 0.6) is 0 Å². The molecule has 0 saturated carbocycles. The predicted octanol–water partition coefficient (Wildman–Crippen LogP) is 2.80. The molecule has 0 radical (unpaired) electrons. The van der Waals surface area contributed by atoms with E-state index in [2.05, 4.69) is 3.63 Å². The zero-order chi connectivity index (χ0) is 12.5. The van der Waals surface area contributed by atoms with Crippen LogP contribution in [0.2, 0.25) is 0 Å². The third kappa shape index (κ3) is 3.68. The first-order valence-corrected chi connectivity index (χ1v) is 8.56. The number of benzene rings is 1. The summed E-state index contributed by atoms with van der Waals surface area (Å²) in [6.45, 7) is 2.00. The van der Waals surface area contributed by atoms with Gasteiger partial charge in [-0.25, -0.2) is 0 Å². The van der Waals surface area contributed by atoms with Crippen molar-refractivity contribution < 1.29 is 16.6 Å². The second kappa shape index (κ2) is 4.95. The van der Waals surface area contributed by atoms with E-state index in [4.69, 9.17) is 4.55 Å². The maximum atomic E-state index is 10.6. The van der Waals surface area contributed by atoms with E-state index in [1.165, 1.54) is 10.8 Å². The third-order valence-electron chi connectivity index (χ3n) is 1.99. The van der Waals surface area contributed by atoms with Gasteiger partial charge in [0.2, 0.25) is 0 Å². The van der Waals surface area contributed by atoms with Crippen LogP contribution in [-0.4, -0.2) is 18.3 Å². The molecule has 1 aliphatic heterocycles. The first-order valence-electron chi connectivity index (χ1n) is 4.65. The standard InChI is InChI=1S/C10H10O4S3/c1-8-2-4-9(5-3-8)10-6-7-16(15-10)14-17(11,12)13/h2-7H,1H3,(H,11,12,13). The first kappa shape index (κ1) is 12.8. The Morgan fingerprint density at radius 1 is 1.29 bits per heavy atom. The topological polar surface area (TPSA) is 63.6 Å². The smallest absolute Gasteiger partial charge is 0.263 e. The van der Waals surface area contributed by atoms with Crippen LogP contribution in [0.4, 0.5) is 0 Å². The molecule has 2 rings (SSSR count). The second-order valence-corrected chi connectivity index (χ2v) is 7.66. The van der Waals surface area contributed by atoms with Crippen molar-refractivity contribution in [3.8, 4) is 0 Å². The number of allylic oxidation sites excluding steroid dienone is 1. The molecule has 1 N–H and O–H groups in total. The molecule has 1 aliphatic rings. The Labute approximate surface area is 106 Å². The van der Waals surface area contributed by atoms with Crippen LogP contribution in [-0.2, 0) is 14.0 Å². The van der Waals surface area contributed by atoms with Gasteiger partial charge in [-0.15, -0.1) is 0 Å². The normalized spacial score (nSPS) is 19.9. The summed E-state index contributed by atoms with van der Waals surface area (Å²) < 4.78 is 34.2. The Balaban J connectivity index is 2.08. The quantitative estimate of drug-likeness (QED) is 0.527. The van der Waals surface area contributed by atoms with Crippen molar-refractivity contribution >= 4 is 41.3 Å². The lowest BCUT2D eigenvalue weighted by molar-refractivity contribution is 0.409. The van der Waals surface area contributed by atoms with Gasteiger partial charge in [0, 0.05) is 20.1 Å². The van der Waals surface area contributed by atoms with Crippen molar-refractivity contribution in [2.45, 2.75) is 6.92 Å². The Kier molecular flexibility index (Phi) is 3.74. The molecule has 1 heterocycles. The minimum Gasteiger partial charge on any atom is -0.263 e. The van der Waals surface area contributed by atoms with Crippen molar-refractivity contribution in [1.29, 1.82) is 0 Å². The summed E-state index contributed by atoms with van der Waals surface area (Å²) in [5, 5.41) is 1.62. The largest absolute Gasteiger partial charge is 0.408 e. The molecule has 92 valence electrons. The van der Waals surface area contributed by atoms with E-state index in [0.717, 1.165) is 16.0 Å². The molecule has 17 heavy (non-hydrogen) atoms. The van der Waals surface area contributed by atoms with Crippen LogP contribution >= 0.6 is 20.6 Å². The van der Waals surface area contributed by atoms with Crippen molar-refractivity contribution in [2.24, 2.45) is 0 Å². The average molecular weight is 290 g/mol. The van der Waals surface area contributed by atoms with Gasteiger partial charge < -0.3 is 0 Å². The van der Waals surface area contributed by atoms with Gasteiger partial charge in [0.25, 0.3) is 0 Å². The molecule has 0 bridgehead atoms. The first-order chi connectivity index (χ1) is 7.94. The van der Waals surface area contributed by atoms with Gasteiger partial charge in [0.15, 0.2) is 0 Å². The molecule has 1 aromatic rings. The summed E-state index contributed by atoms with van der Waals surface area (Å²) in [4.78, 5) is 0.928. The van der Waals surface area contributed by atoms with Gasteiger partial charge in [0.1, 0.15) is 0 Å². The Bertz CT molecular complexity index is 584. The van der Waals surface area contributed by atoms with Crippen molar-refractivity contribution in [1.82, 2.24) is 0 Å². The van der Waals surface area contributed by atoms with Crippen LogP contribution in [0, 0.1) is 6.92 Å². The van der Waals surface area contributed by atoms with Crippen LogP contribution in [0.1, 0.15) is 11.1 Å². The molecule has 0 amide bonds. The number of hydrogen-bond donors (Lipinski definition) is 1. The summed E-state index contributed by atoms with van der Waals surface area (Å²) in [7, 11) is -4.10. The Morgan fingerprint density at radius 2 is 1.94 bits per heavy atom. The molecule has 1 aromatic carbocycles. The van der Waals surface area contributed by atoms with E-state index in [1.54, 1.807) is 11.4 Å². The predicted molar refractivity (Wildman–Crippen MR) is 73.0 cm³/mol. The van der Waals surface area contributed by atoms with Gasteiger partial charge in [0.05, 0.1) is 0 Å². The highest BCUT2D eigenvalue weighted by molar-refractivity contribution is 8.86. The molecule has 7 heteroatoms. The minimum absolute atomic E-state index is 0.928. The average Bonchev–Trinajstić information content (AvgIpc) is 2.64. The number of aryl methyl sites for hydroxylation is 1. The fourth-order valence-electron chi connectivity index (χ4n) is 1.24. The van der Waals surface area contributed by atoms with Crippen LogP contribution in [0.3, 0.4) is 0 Å². The van der Waals surface area contributed by atoms with Crippen molar-refractivity contribution in [2.75, 3.05) is 0 Å². The summed E-state index contributed by atoms with van der Waals surface area (Å²) in [5.41, 5.74) is 2.17. The summed E-state index contributed by atoms with van der Waals surface area (Å²) >= 11 is 0. The molecule has 0 aliphatic carbocycles. The minimum atomic E-state index is -4.39. The maximum absolute atomic E-state index is 10.6. The van der Waals surface area contributed by atoms with Crippen LogP contribution < -0.4 is 0 Å². The van der Waals surface area contributed by atoms with Gasteiger partial charge in [-0.05, 0) is 29.4 Å². The van der Waals surface area contributed by atoms with Crippen molar-refractivity contribution in [3.05, 3.63) is 41.5 Å². The Morgan fingerprint density at radius 3 is 2.53 bits per heavy atom. The molecule has 0 fully saturated rings. The third-order valence-corrected chi connectivity index (χ3v) is 6.15. The lowest BCUT2D eigenvalue weighted by atomic mass is 10.1. The molecule has 0 spiro atoms. The Hall–Kier alpha value is -0.600. The van der Waals surface area contributed by atoms with Gasteiger partial charge in [-0.1, -0.05) is 29.8 Å². The van der Waals surface area contributed by atoms with E-state index < -0.39 is 20.2 Å². The molecular formula is C10H10O4S3. The fraction of sp³-hybridized carbons (Fsp3) is 0.100. The molecule has 0 aromatic heterocycles. The number of hydrogen-bond acceptors (Lipinski definition) is 4. The highest BCUT2D eigenvalue weighted by atomic mass is 33.1. The molecule has 0 saturated heterocycles. The number of rotatable bonds is 3. The second-order valence-electron chi connectivity index (χ2n) is 3.37. The SMILES string of the molecule is Cc1ccc(C2=CC=S(OS(=O)(=O)O)S2)cc1. The van der Waals surface area contributed by atoms with E-state index in [0.29, 0.717) is 0 Å². The maximum Gasteiger partial charge on any atom is 0.408 e. The van der Waals surface area contributed by atoms with Crippen LogP contribution in [0.25, 0.3) is 4.91 Å². The van der Waals surface area contributed by atoms with E-state index in [1.807, 2.05) is 31.2 Å². The summed E-state index contributed by atoms with van der Waals surface area (Å²) in [5.74, 6) is 0.